The van der Waals surface area contributed by atoms with Crippen molar-refractivity contribution in [3.05, 3.63) is 22.8 Å². The number of rotatable bonds is 2. The molecule has 3 N–H and O–H groups in total. The van der Waals surface area contributed by atoms with Gasteiger partial charge in [-0.1, -0.05) is 18.6 Å². The van der Waals surface area contributed by atoms with Crippen molar-refractivity contribution in [1.82, 2.24) is 5.06 Å². The molecule has 0 bridgehead atoms. The number of hydrogen-bond donors (Lipinski definition) is 3. The van der Waals surface area contributed by atoms with Crippen LogP contribution in [0.3, 0.4) is 0 Å². The van der Waals surface area contributed by atoms with Crippen LogP contribution >= 0.6 is 0 Å². The molecule has 27 heavy (non-hydrogen) atoms. The summed E-state index contributed by atoms with van der Waals surface area (Å²) in [4.78, 5) is 25.0. The van der Waals surface area contributed by atoms with E-state index < -0.39 is 40.0 Å². The average Bonchev–Trinajstić information content (AvgIpc) is 3.28. The minimum absolute atomic E-state index is 0.244. The number of ether oxygens (including phenoxy) is 1. The second kappa shape index (κ2) is 5.65. The molecule has 0 aromatic heterocycles. The first-order valence-corrected chi connectivity index (χ1v) is 9.25. The van der Waals surface area contributed by atoms with Crippen molar-refractivity contribution < 1.29 is 29.7 Å². The first-order chi connectivity index (χ1) is 12.2. The van der Waals surface area contributed by atoms with Crippen LogP contribution in [0.25, 0.3) is 0 Å². The molecule has 3 aliphatic carbocycles. The number of aliphatic hydroxyl groups excluding tert-OH is 1. The highest BCUT2D eigenvalue weighted by atomic mass is 16.6. The highest BCUT2D eigenvalue weighted by Gasteiger charge is 2.66. The largest absolute Gasteiger partial charge is 0.442 e. The predicted octanol–water partition coefficient (Wildman–Crippen LogP) is 2.35. The number of carbonyl (C=O) groups excluding carboxylic acids is 2. The van der Waals surface area contributed by atoms with E-state index in [1.165, 1.54) is 6.92 Å². The van der Waals surface area contributed by atoms with Crippen LogP contribution < -0.4 is 0 Å². The van der Waals surface area contributed by atoms with Gasteiger partial charge in [0.2, 0.25) is 0 Å². The van der Waals surface area contributed by atoms with Crippen LogP contribution in [-0.4, -0.2) is 56.2 Å². The normalized spacial score (nSPS) is 34.5. The Morgan fingerprint density at radius 3 is 2.37 bits per heavy atom. The van der Waals surface area contributed by atoms with Crippen LogP contribution in [0.4, 0.5) is 4.79 Å². The standard InChI is InChI=1S/C20H29NO6/c1-11-13-12(14(22)19(6,25)20(11)7-8-20)9-18(5,15(13)23)10-21(26)16(24)27-17(2,3)4/h9,15,23,25-26H,7-8,10H2,1-6H3/t15-,18+,19+/m1/s1. The zero-order valence-electron chi connectivity index (χ0n) is 16.8. The van der Waals surface area contributed by atoms with Crippen molar-refractivity contribution in [3.8, 4) is 0 Å². The molecule has 0 unspecified atom stereocenters. The van der Waals surface area contributed by atoms with Crippen molar-refractivity contribution in [3.63, 3.8) is 0 Å². The number of amides is 1. The molecule has 0 aromatic rings. The molecular weight excluding hydrogens is 350 g/mol. The Labute approximate surface area is 159 Å². The molecule has 7 nitrogen and oxygen atoms in total. The Morgan fingerprint density at radius 2 is 1.89 bits per heavy atom. The summed E-state index contributed by atoms with van der Waals surface area (Å²) in [5.74, 6) is -0.412. The number of hydroxylamine groups is 2. The minimum atomic E-state index is -1.51. The Kier molecular flexibility index (Phi) is 4.20. The van der Waals surface area contributed by atoms with Crippen LogP contribution in [0.5, 0.6) is 0 Å². The van der Waals surface area contributed by atoms with Crippen LogP contribution in [0, 0.1) is 10.8 Å². The van der Waals surface area contributed by atoms with Crippen LogP contribution in [0.2, 0.25) is 0 Å². The molecule has 1 fully saturated rings. The number of carbonyl (C=O) groups is 2. The maximum atomic E-state index is 12.9. The molecule has 1 amide bonds. The van der Waals surface area contributed by atoms with Gasteiger partial charge < -0.3 is 14.9 Å². The summed E-state index contributed by atoms with van der Waals surface area (Å²) in [5.41, 5.74) is -2.37. The van der Waals surface area contributed by atoms with Gasteiger partial charge in [0.1, 0.15) is 11.2 Å². The Balaban J connectivity index is 1.93. The van der Waals surface area contributed by atoms with Crippen molar-refractivity contribution in [2.75, 3.05) is 6.54 Å². The summed E-state index contributed by atoms with van der Waals surface area (Å²) < 4.78 is 5.14. The van der Waals surface area contributed by atoms with E-state index in [0.717, 1.165) is 5.57 Å². The first-order valence-electron chi connectivity index (χ1n) is 9.25. The van der Waals surface area contributed by atoms with Gasteiger partial charge >= 0.3 is 6.09 Å². The van der Waals surface area contributed by atoms with Crippen LogP contribution in [0.1, 0.15) is 54.4 Å². The van der Waals surface area contributed by atoms with Gasteiger partial charge in [-0.25, -0.2) is 4.79 Å². The topological polar surface area (TPSA) is 107 Å². The summed E-state index contributed by atoms with van der Waals surface area (Å²) in [5, 5.41) is 32.5. The van der Waals surface area contributed by atoms with Gasteiger partial charge in [0.25, 0.3) is 0 Å². The Bertz CT molecular complexity index is 768. The van der Waals surface area contributed by atoms with E-state index in [9.17, 15) is 25.0 Å². The van der Waals surface area contributed by atoms with Crippen LogP contribution in [-0.2, 0) is 9.53 Å². The molecule has 3 atom stereocenters. The second-order valence-electron chi connectivity index (χ2n) is 9.53. The molecule has 3 rings (SSSR count). The van der Waals surface area contributed by atoms with Gasteiger partial charge in [-0.05, 0) is 53.0 Å². The fourth-order valence-electron chi connectivity index (χ4n) is 4.48. The molecule has 1 spiro atoms. The third kappa shape index (κ3) is 2.83. The van der Waals surface area contributed by atoms with Gasteiger partial charge in [-0.2, -0.15) is 5.06 Å². The number of hydrogen-bond acceptors (Lipinski definition) is 6. The molecule has 0 radical (unpaired) electrons. The Morgan fingerprint density at radius 1 is 1.33 bits per heavy atom. The average molecular weight is 379 g/mol. The fourth-order valence-corrected chi connectivity index (χ4v) is 4.48. The van der Waals surface area contributed by atoms with Gasteiger partial charge in [0.05, 0.1) is 12.6 Å². The zero-order valence-corrected chi connectivity index (χ0v) is 16.8. The SMILES string of the molecule is CC1=C2C(=C[C@@](C)(CN(O)C(=O)OC(C)(C)C)[C@@H]2O)C(=O)[C@](C)(O)C12CC2. The number of ketones is 1. The third-order valence-corrected chi connectivity index (χ3v) is 6.25. The monoisotopic (exact) mass is 379 g/mol. The summed E-state index contributed by atoms with van der Waals surface area (Å²) >= 11 is 0. The molecule has 150 valence electrons. The molecular formula is C20H29NO6. The van der Waals surface area contributed by atoms with E-state index in [4.69, 9.17) is 4.74 Å². The molecule has 3 aliphatic rings. The summed E-state index contributed by atoms with van der Waals surface area (Å²) in [6.45, 7) is 9.85. The van der Waals surface area contributed by atoms with E-state index in [0.29, 0.717) is 23.5 Å². The van der Waals surface area contributed by atoms with Gasteiger partial charge in [-0.3, -0.25) is 10.0 Å². The number of fused-ring (bicyclic) bond motifs is 1. The van der Waals surface area contributed by atoms with Gasteiger partial charge in [-0.15, -0.1) is 0 Å². The molecule has 7 heteroatoms. The van der Waals surface area contributed by atoms with Crippen molar-refractivity contribution in [1.29, 1.82) is 0 Å². The number of aliphatic hydroxyl groups is 2. The lowest BCUT2D eigenvalue weighted by Gasteiger charge is -2.40. The molecule has 0 heterocycles. The van der Waals surface area contributed by atoms with E-state index >= 15 is 0 Å². The highest BCUT2D eigenvalue weighted by Crippen LogP contribution is 2.65. The quantitative estimate of drug-likeness (QED) is 0.502. The number of Topliss-reactive ketones (excluding diaryl/α,β-unsaturated/α-hetero) is 1. The first kappa shape index (κ1) is 20.0. The summed E-state index contributed by atoms with van der Waals surface area (Å²) in [7, 11) is 0. The fraction of sp³-hybridized carbons (Fsp3) is 0.700. The third-order valence-electron chi connectivity index (χ3n) is 6.25. The minimum Gasteiger partial charge on any atom is -0.442 e. The molecule has 0 aromatic carbocycles. The van der Waals surface area contributed by atoms with Crippen molar-refractivity contribution in [2.45, 2.75) is 71.7 Å². The summed E-state index contributed by atoms with van der Waals surface area (Å²) in [6.07, 6.45) is 0.966. The highest BCUT2D eigenvalue weighted by molar-refractivity contribution is 6.09. The smallest absolute Gasteiger partial charge is 0.434 e. The lowest BCUT2D eigenvalue weighted by molar-refractivity contribution is -0.138. The van der Waals surface area contributed by atoms with E-state index in [2.05, 4.69) is 0 Å². The summed E-state index contributed by atoms with van der Waals surface area (Å²) in [6, 6.07) is 0. The maximum absolute atomic E-state index is 12.9. The zero-order chi connectivity index (χ0) is 20.6. The molecule has 1 saturated carbocycles. The predicted molar refractivity (Wildman–Crippen MR) is 96.9 cm³/mol. The van der Waals surface area contributed by atoms with Crippen molar-refractivity contribution in [2.24, 2.45) is 10.8 Å². The molecule has 0 saturated heterocycles. The molecule has 0 aliphatic heterocycles. The van der Waals surface area contributed by atoms with E-state index in [1.807, 2.05) is 6.92 Å². The van der Waals surface area contributed by atoms with Crippen LogP contribution in [0.15, 0.2) is 22.8 Å². The second-order valence-corrected chi connectivity index (χ2v) is 9.53. The van der Waals surface area contributed by atoms with E-state index in [1.54, 1.807) is 33.8 Å². The maximum Gasteiger partial charge on any atom is 0.434 e. The Hall–Kier alpha value is -1.70. The lowest BCUT2D eigenvalue weighted by atomic mass is 9.67. The van der Waals surface area contributed by atoms with E-state index in [-0.39, 0.29) is 12.1 Å². The number of nitrogens with zero attached hydrogens (tertiary/aromatic N) is 1. The van der Waals surface area contributed by atoms with Gasteiger partial charge in [0.15, 0.2) is 5.78 Å². The van der Waals surface area contributed by atoms with Crippen molar-refractivity contribution >= 4 is 11.9 Å². The lowest BCUT2D eigenvalue weighted by Crippen LogP contribution is -2.50. The van der Waals surface area contributed by atoms with Gasteiger partial charge in [0, 0.05) is 16.4 Å².